The zero-order valence-electron chi connectivity index (χ0n) is 10.8. The van der Waals surface area contributed by atoms with Gasteiger partial charge in [-0.2, -0.15) is 0 Å². The molecular weight excluding hydrogens is 204 g/mol. The summed E-state index contributed by atoms with van der Waals surface area (Å²) >= 11 is 0. The molecule has 1 aromatic rings. The van der Waals surface area contributed by atoms with E-state index in [-0.39, 0.29) is 0 Å². The fourth-order valence-electron chi connectivity index (χ4n) is 1.49. The Kier molecular flexibility index (Phi) is 4.73. The largest absolute Gasteiger partial charge is 0.407 e. The third-order valence-corrected chi connectivity index (χ3v) is 2.22. The quantitative estimate of drug-likeness (QED) is 0.799. The first-order valence-electron chi connectivity index (χ1n) is 5.78. The van der Waals surface area contributed by atoms with Gasteiger partial charge in [-0.15, -0.1) is 5.10 Å². The van der Waals surface area contributed by atoms with Gasteiger partial charge in [0.2, 0.25) is 5.89 Å². The van der Waals surface area contributed by atoms with E-state index in [1.807, 2.05) is 7.05 Å². The second-order valence-corrected chi connectivity index (χ2v) is 4.65. The first-order chi connectivity index (χ1) is 7.54. The van der Waals surface area contributed by atoms with Crippen molar-refractivity contribution in [3.05, 3.63) is 5.89 Å². The SMILES string of the molecule is CNCc1nnc(N(CC(C)C)C(C)C)o1. The highest BCUT2D eigenvalue weighted by atomic mass is 16.4. The molecule has 0 unspecified atom stereocenters. The van der Waals surface area contributed by atoms with Gasteiger partial charge >= 0.3 is 6.01 Å². The number of rotatable bonds is 6. The summed E-state index contributed by atoms with van der Waals surface area (Å²) in [7, 11) is 1.86. The van der Waals surface area contributed by atoms with Gasteiger partial charge in [-0.3, -0.25) is 0 Å². The molecule has 0 aliphatic heterocycles. The third kappa shape index (κ3) is 3.48. The monoisotopic (exact) mass is 226 g/mol. The van der Waals surface area contributed by atoms with Crippen molar-refractivity contribution in [1.29, 1.82) is 0 Å². The Morgan fingerprint density at radius 3 is 2.44 bits per heavy atom. The van der Waals surface area contributed by atoms with Crippen molar-refractivity contribution < 1.29 is 4.42 Å². The molecule has 92 valence electrons. The summed E-state index contributed by atoms with van der Waals surface area (Å²) in [6.45, 7) is 10.2. The number of anilines is 1. The number of nitrogens with zero attached hydrogens (tertiary/aromatic N) is 3. The predicted molar refractivity (Wildman–Crippen MR) is 64.4 cm³/mol. The maximum atomic E-state index is 5.59. The molecule has 0 amide bonds. The van der Waals surface area contributed by atoms with Crippen LogP contribution in [0.3, 0.4) is 0 Å². The van der Waals surface area contributed by atoms with Gasteiger partial charge in [0, 0.05) is 12.6 Å². The van der Waals surface area contributed by atoms with Gasteiger partial charge in [0.1, 0.15) is 0 Å². The first-order valence-corrected chi connectivity index (χ1v) is 5.78. The highest BCUT2D eigenvalue weighted by molar-refractivity contribution is 5.25. The van der Waals surface area contributed by atoms with Gasteiger partial charge in [-0.1, -0.05) is 18.9 Å². The lowest BCUT2D eigenvalue weighted by molar-refractivity contribution is 0.446. The normalized spacial score (nSPS) is 11.4. The Labute approximate surface area is 97.2 Å². The van der Waals surface area contributed by atoms with Gasteiger partial charge in [-0.05, 0) is 26.8 Å². The molecule has 0 spiro atoms. The second kappa shape index (κ2) is 5.84. The summed E-state index contributed by atoms with van der Waals surface area (Å²) < 4.78 is 5.59. The molecule has 0 aromatic carbocycles. The Morgan fingerprint density at radius 1 is 1.25 bits per heavy atom. The molecule has 1 N–H and O–H groups in total. The van der Waals surface area contributed by atoms with Gasteiger partial charge in [0.15, 0.2) is 0 Å². The van der Waals surface area contributed by atoms with E-state index in [2.05, 4.69) is 48.1 Å². The van der Waals surface area contributed by atoms with E-state index in [1.165, 1.54) is 0 Å². The Morgan fingerprint density at radius 2 is 1.94 bits per heavy atom. The number of hydrogen-bond acceptors (Lipinski definition) is 5. The van der Waals surface area contributed by atoms with Crippen molar-refractivity contribution >= 4 is 6.01 Å². The summed E-state index contributed by atoms with van der Waals surface area (Å²) in [4.78, 5) is 2.14. The van der Waals surface area contributed by atoms with Crippen LogP contribution < -0.4 is 10.2 Å². The number of hydrogen-bond donors (Lipinski definition) is 1. The summed E-state index contributed by atoms with van der Waals surface area (Å²) in [5.41, 5.74) is 0. The van der Waals surface area contributed by atoms with Crippen LogP contribution in [0, 0.1) is 5.92 Å². The van der Waals surface area contributed by atoms with Crippen LogP contribution in [0.5, 0.6) is 0 Å². The lowest BCUT2D eigenvalue weighted by atomic mass is 10.2. The minimum absolute atomic E-state index is 0.366. The van der Waals surface area contributed by atoms with Gasteiger partial charge < -0.3 is 14.6 Å². The Bertz CT molecular complexity index is 309. The van der Waals surface area contributed by atoms with E-state index >= 15 is 0 Å². The van der Waals surface area contributed by atoms with Crippen molar-refractivity contribution in [2.75, 3.05) is 18.5 Å². The van der Waals surface area contributed by atoms with Crippen LogP contribution in [0.2, 0.25) is 0 Å². The van der Waals surface area contributed by atoms with E-state index in [1.54, 1.807) is 0 Å². The third-order valence-electron chi connectivity index (χ3n) is 2.22. The molecular formula is C11H22N4O. The second-order valence-electron chi connectivity index (χ2n) is 4.65. The van der Waals surface area contributed by atoms with Gasteiger partial charge in [-0.25, -0.2) is 0 Å². The molecule has 0 aliphatic rings. The van der Waals surface area contributed by atoms with Crippen LogP contribution in [0.15, 0.2) is 4.42 Å². The molecule has 0 aliphatic carbocycles. The molecule has 0 bridgehead atoms. The Hall–Kier alpha value is -1.10. The molecule has 1 aromatic heterocycles. The summed E-state index contributed by atoms with van der Waals surface area (Å²) in [6, 6.07) is 0.985. The number of aromatic nitrogens is 2. The maximum Gasteiger partial charge on any atom is 0.318 e. The van der Waals surface area contributed by atoms with Crippen molar-refractivity contribution in [1.82, 2.24) is 15.5 Å². The van der Waals surface area contributed by atoms with Crippen molar-refractivity contribution in [2.45, 2.75) is 40.3 Å². The maximum absolute atomic E-state index is 5.59. The van der Waals surface area contributed by atoms with Gasteiger partial charge in [0.05, 0.1) is 6.54 Å². The van der Waals surface area contributed by atoms with Crippen molar-refractivity contribution in [3.8, 4) is 0 Å². The summed E-state index contributed by atoms with van der Waals surface area (Å²) in [6.07, 6.45) is 0. The van der Waals surface area contributed by atoms with Crippen LogP contribution in [-0.2, 0) is 6.54 Å². The average molecular weight is 226 g/mol. The molecule has 1 rings (SSSR count). The minimum atomic E-state index is 0.366. The zero-order chi connectivity index (χ0) is 12.1. The highest BCUT2D eigenvalue weighted by Gasteiger charge is 2.18. The smallest absolute Gasteiger partial charge is 0.318 e. The van der Waals surface area contributed by atoms with E-state index in [0.717, 1.165) is 6.54 Å². The lowest BCUT2D eigenvalue weighted by Gasteiger charge is -2.26. The van der Waals surface area contributed by atoms with Crippen LogP contribution >= 0.6 is 0 Å². The highest BCUT2D eigenvalue weighted by Crippen LogP contribution is 2.16. The molecule has 1 heterocycles. The molecule has 0 saturated heterocycles. The molecule has 0 atom stereocenters. The number of nitrogens with one attached hydrogen (secondary N) is 1. The molecule has 0 fully saturated rings. The lowest BCUT2D eigenvalue weighted by Crippen LogP contribution is -2.34. The van der Waals surface area contributed by atoms with Crippen LogP contribution in [0.25, 0.3) is 0 Å². The predicted octanol–water partition coefficient (Wildman–Crippen LogP) is 1.66. The molecule has 16 heavy (non-hydrogen) atoms. The molecule has 0 radical (unpaired) electrons. The van der Waals surface area contributed by atoms with Crippen molar-refractivity contribution in [3.63, 3.8) is 0 Å². The van der Waals surface area contributed by atoms with Crippen molar-refractivity contribution in [2.24, 2.45) is 5.92 Å². The van der Waals surface area contributed by atoms with Crippen LogP contribution in [0.4, 0.5) is 6.01 Å². The van der Waals surface area contributed by atoms with Crippen LogP contribution in [-0.4, -0.2) is 29.8 Å². The fraction of sp³-hybridized carbons (Fsp3) is 0.818. The van der Waals surface area contributed by atoms with Crippen LogP contribution in [0.1, 0.15) is 33.6 Å². The Balaban J connectivity index is 2.76. The van der Waals surface area contributed by atoms with E-state index in [4.69, 9.17) is 4.42 Å². The summed E-state index contributed by atoms with van der Waals surface area (Å²) in [5, 5.41) is 11.1. The van der Waals surface area contributed by atoms with Gasteiger partial charge in [0.25, 0.3) is 0 Å². The molecule has 5 nitrogen and oxygen atoms in total. The standard InChI is InChI=1S/C11H22N4O/c1-8(2)7-15(9(3)4)11-14-13-10(16-11)6-12-5/h8-9,12H,6-7H2,1-5H3. The molecule has 0 saturated carbocycles. The topological polar surface area (TPSA) is 54.2 Å². The molecule has 5 heteroatoms. The van der Waals surface area contributed by atoms with E-state index in [0.29, 0.717) is 30.4 Å². The first kappa shape index (κ1) is 13.0. The fourth-order valence-corrected chi connectivity index (χ4v) is 1.49. The zero-order valence-corrected chi connectivity index (χ0v) is 10.8. The summed E-state index contributed by atoms with van der Waals surface area (Å²) in [5.74, 6) is 1.20. The average Bonchev–Trinajstić information content (AvgIpc) is 2.62. The van der Waals surface area contributed by atoms with E-state index < -0.39 is 0 Å². The van der Waals surface area contributed by atoms with E-state index in [9.17, 15) is 0 Å². The minimum Gasteiger partial charge on any atom is -0.407 e.